The molecular formula is C16H16N2O. The molecule has 1 unspecified atom stereocenters. The molecule has 1 aromatic carbocycles. The number of allylic oxidation sites excluding steroid dienone is 1. The second-order valence-electron chi connectivity index (χ2n) is 5.39. The first-order valence-electron chi connectivity index (χ1n) is 6.45. The first-order chi connectivity index (χ1) is 8.97. The van der Waals surface area contributed by atoms with E-state index in [1.807, 2.05) is 39.8 Å². The van der Waals surface area contributed by atoms with Crippen LogP contribution >= 0.6 is 0 Å². The van der Waals surface area contributed by atoms with Gasteiger partial charge in [0.25, 0.3) is 0 Å². The minimum Gasteiger partial charge on any atom is -0.293 e. The van der Waals surface area contributed by atoms with Crippen LogP contribution < -0.4 is 0 Å². The van der Waals surface area contributed by atoms with Gasteiger partial charge in [-0.1, -0.05) is 11.6 Å². The van der Waals surface area contributed by atoms with E-state index in [-0.39, 0.29) is 11.7 Å². The molecule has 0 saturated heterocycles. The number of carbonyl (C=O) groups excluding carboxylic acids is 1. The molecule has 3 nitrogen and oxygen atoms in total. The van der Waals surface area contributed by atoms with Gasteiger partial charge in [-0.25, -0.2) is 9.98 Å². The molecule has 1 atom stereocenters. The molecule has 96 valence electrons. The van der Waals surface area contributed by atoms with Crippen molar-refractivity contribution in [2.75, 3.05) is 0 Å². The van der Waals surface area contributed by atoms with Gasteiger partial charge >= 0.3 is 0 Å². The number of rotatable bonds is 0. The smallest absolute Gasteiger partial charge is 0.179 e. The van der Waals surface area contributed by atoms with Crippen molar-refractivity contribution in [2.24, 2.45) is 15.9 Å². The van der Waals surface area contributed by atoms with E-state index in [0.717, 1.165) is 33.7 Å². The van der Waals surface area contributed by atoms with Crippen molar-refractivity contribution in [1.29, 1.82) is 0 Å². The van der Waals surface area contributed by atoms with Crippen molar-refractivity contribution < 1.29 is 4.79 Å². The Morgan fingerprint density at radius 3 is 2.53 bits per heavy atom. The Bertz CT molecular complexity index is 693. The van der Waals surface area contributed by atoms with Gasteiger partial charge in [0.2, 0.25) is 0 Å². The Labute approximate surface area is 112 Å². The molecule has 3 rings (SSSR count). The molecule has 0 aromatic heterocycles. The Balaban J connectivity index is 2.27. The zero-order valence-electron chi connectivity index (χ0n) is 11.6. The van der Waals surface area contributed by atoms with Crippen molar-refractivity contribution in [2.45, 2.75) is 27.7 Å². The lowest BCUT2D eigenvalue weighted by Gasteiger charge is -2.26. The molecule has 0 bridgehead atoms. The number of carbonyl (C=O) groups is 1. The van der Waals surface area contributed by atoms with Crippen LogP contribution in [0.15, 0.2) is 33.8 Å². The molecule has 0 amide bonds. The highest BCUT2D eigenvalue weighted by Crippen LogP contribution is 2.36. The van der Waals surface area contributed by atoms with Crippen LogP contribution in [0.3, 0.4) is 0 Å². The lowest BCUT2D eigenvalue weighted by atomic mass is 9.84. The summed E-state index contributed by atoms with van der Waals surface area (Å²) in [6.45, 7) is 7.91. The van der Waals surface area contributed by atoms with Gasteiger partial charge in [-0.15, -0.1) is 0 Å². The first kappa shape index (κ1) is 12.0. The highest BCUT2D eigenvalue weighted by Gasteiger charge is 2.35. The van der Waals surface area contributed by atoms with E-state index in [1.165, 1.54) is 0 Å². The number of fused-ring (bicyclic) bond motifs is 2. The third-order valence-electron chi connectivity index (χ3n) is 3.64. The molecule has 2 aliphatic rings. The Morgan fingerprint density at radius 2 is 1.79 bits per heavy atom. The second-order valence-corrected chi connectivity index (χ2v) is 5.39. The Kier molecular flexibility index (Phi) is 2.52. The summed E-state index contributed by atoms with van der Waals surface area (Å²) in [4.78, 5) is 21.7. The average Bonchev–Trinajstić information content (AvgIpc) is 2.30. The molecule has 0 N–H and O–H groups in total. The van der Waals surface area contributed by atoms with Crippen LogP contribution in [0.1, 0.15) is 35.3 Å². The molecule has 0 radical (unpaired) electrons. The molecule has 0 aliphatic carbocycles. The van der Waals surface area contributed by atoms with E-state index in [9.17, 15) is 4.79 Å². The summed E-state index contributed by atoms with van der Waals surface area (Å²) in [6.07, 6.45) is 1.97. The van der Waals surface area contributed by atoms with E-state index >= 15 is 0 Å². The zero-order valence-corrected chi connectivity index (χ0v) is 11.6. The number of aryl methyl sites for hydroxylation is 2. The average molecular weight is 252 g/mol. The maximum atomic E-state index is 12.7. The van der Waals surface area contributed by atoms with Crippen molar-refractivity contribution >= 4 is 23.0 Å². The standard InChI is InChI=1S/C16H16N2O/c1-8-5-10(3)14-12(6-8)15(19)13-9(2)7-11(4)17-16(13)18-14/h5-7,13H,1-4H3. The summed E-state index contributed by atoms with van der Waals surface area (Å²) in [7, 11) is 0. The normalized spacial score (nSPS) is 21.2. The summed E-state index contributed by atoms with van der Waals surface area (Å²) < 4.78 is 0. The van der Waals surface area contributed by atoms with Crippen LogP contribution in [-0.4, -0.2) is 17.3 Å². The van der Waals surface area contributed by atoms with E-state index in [4.69, 9.17) is 0 Å². The van der Waals surface area contributed by atoms with Crippen LogP contribution in [0.5, 0.6) is 0 Å². The van der Waals surface area contributed by atoms with Gasteiger partial charge < -0.3 is 0 Å². The Morgan fingerprint density at radius 1 is 1.05 bits per heavy atom. The topological polar surface area (TPSA) is 41.8 Å². The van der Waals surface area contributed by atoms with Gasteiger partial charge in [-0.2, -0.15) is 0 Å². The maximum absolute atomic E-state index is 12.7. The highest BCUT2D eigenvalue weighted by atomic mass is 16.1. The molecule has 2 aliphatic heterocycles. The third kappa shape index (κ3) is 1.77. The van der Waals surface area contributed by atoms with Crippen LogP contribution in [-0.2, 0) is 0 Å². The van der Waals surface area contributed by atoms with Crippen LogP contribution in [0.2, 0.25) is 0 Å². The number of dihydropyridines is 1. The fourth-order valence-electron chi connectivity index (χ4n) is 2.87. The Hall–Kier alpha value is -2.03. The van der Waals surface area contributed by atoms with E-state index in [1.54, 1.807) is 0 Å². The van der Waals surface area contributed by atoms with E-state index in [2.05, 4.69) is 16.1 Å². The maximum Gasteiger partial charge on any atom is 0.179 e. The summed E-state index contributed by atoms with van der Waals surface area (Å²) in [5.41, 5.74) is 5.59. The van der Waals surface area contributed by atoms with Crippen molar-refractivity contribution in [3.63, 3.8) is 0 Å². The predicted octanol–water partition coefficient (Wildman–Crippen LogP) is 3.57. The van der Waals surface area contributed by atoms with Crippen LogP contribution in [0, 0.1) is 19.8 Å². The van der Waals surface area contributed by atoms with Gasteiger partial charge in [-0.05, 0) is 51.0 Å². The van der Waals surface area contributed by atoms with Crippen LogP contribution in [0.25, 0.3) is 0 Å². The van der Waals surface area contributed by atoms with Crippen molar-refractivity contribution in [1.82, 2.24) is 0 Å². The van der Waals surface area contributed by atoms with Gasteiger partial charge in [0.05, 0.1) is 5.69 Å². The number of nitrogens with zero attached hydrogens (tertiary/aromatic N) is 2. The lowest BCUT2D eigenvalue weighted by molar-refractivity contribution is 0.0966. The van der Waals surface area contributed by atoms with E-state index < -0.39 is 0 Å². The number of benzene rings is 1. The molecule has 1 aromatic rings. The zero-order chi connectivity index (χ0) is 13.7. The molecule has 0 spiro atoms. The molecule has 3 heteroatoms. The SMILES string of the molecule is CC1=CC(C)=NC2=Nc3c(C)cc(C)cc3C(=O)C12. The number of ketones is 1. The summed E-state index contributed by atoms with van der Waals surface area (Å²) >= 11 is 0. The molecule has 0 saturated carbocycles. The van der Waals surface area contributed by atoms with Crippen molar-refractivity contribution in [3.05, 3.63) is 40.5 Å². The first-order valence-corrected chi connectivity index (χ1v) is 6.45. The number of hydrogen-bond donors (Lipinski definition) is 0. The monoisotopic (exact) mass is 252 g/mol. The highest BCUT2D eigenvalue weighted by molar-refractivity contribution is 6.24. The molecular weight excluding hydrogens is 236 g/mol. The molecule has 0 fully saturated rings. The molecule has 19 heavy (non-hydrogen) atoms. The summed E-state index contributed by atoms with van der Waals surface area (Å²) in [5.74, 6) is 0.469. The minimum atomic E-state index is -0.294. The predicted molar refractivity (Wildman–Crippen MR) is 77.7 cm³/mol. The van der Waals surface area contributed by atoms with E-state index in [0.29, 0.717) is 5.84 Å². The number of Topliss-reactive ketones (excluding diaryl/α,β-unsaturated/α-hetero) is 1. The minimum absolute atomic E-state index is 0.122. The summed E-state index contributed by atoms with van der Waals surface area (Å²) in [6, 6.07) is 3.99. The number of amidine groups is 1. The summed E-state index contributed by atoms with van der Waals surface area (Å²) in [5, 5.41) is 0. The number of hydrogen-bond acceptors (Lipinski definition) is 3. The fourth-order valence-corrected chi connectivity index (χ4v) is 2.87. The van der Waals surface area contributed by atoms with Gasteiger partial charge in [-0.3, -0.25) is 4.79 Å². The molecule has 2 heterocycles. The lowest BCUT2D eigenvalue weighted by Crippen LogP contribution is -2.30. The quantitative estimate of drug-likeness (QED) is 0.696. The van der Waals surface area contributed by atoms with Gasteiger partial charge in [0.15, 0.2) is 5.78 Å². The van der Waals surface area contributed by atoms with Crippen molar-refractivity contribution in [3.8, 4) is 0 Å². The fraction of sp³-hybridized carbons (Fsp3) is 0.312. The largest absolute Gasteiger partial charge is 0.293 e. The van der Waals surface area contributed by atoms with Gasteiger partial charge in [0.1, 0.15) is 11.8 Å². The number of aliphatic imine (C=N–C) groups is 2. The third-order valence-corrected chi connectivity index (χ3v) is 3.64. The van der Waals surface area contributed by atoms with Crippen LogP contribution in [0.4, 0.5) is 5.69 Å². The van der Waals surface area contributed by atoms with Gasteiger partial charge in [0, 0.05) is 11.3 Å². The second kappa shape index (κ2) is 3.98.